The van der Waals surface area contributed by atoms with Crippen molar-refractivity contribution in [2.24, 2.45) is 27.1 Å². The Morgan fingerprint density at radius 2 is 0.865 bits per heavy atom. The van der Waals surface area contributed by atoms with Crippen LogP contribution < -0.4 is 17.1 Å². The molecule has 0 aliphatic rings. The molecule has 0 aromatic carbocycles. The van der Waals surface area contributed by atoms with Crippen molar-refractivity contribution in [3.63, 3.8) is 0 Å². The van der Waals surface area contributed by atoms with Crippen LogP contribution in [0.5, 0.6) is 0 Å². The lowest BCUT2D eigenvalue weighted by molar-refractivity contribution is 0.00254. The molecule has 0 aliphatic carbocycles. The van der Waals surface area contributed by atoms with E-state index >= 15 is 0 Å². The van der Waals surface area contributed by atoms with Gasteiger partial charge in [0, 0.05) is 19.6 Å². The minimum atomic E-state index is -0.473. The van der Waals surface area contributed by atoms with Crippen molar-refractivity contribution in [2.45, 2.75) is 141 Å². The number of allylic oxidation sites excluding steroid dienone is 1. The van der Waals surface area contributed by atoms with Crippen LogP contribution in [-0.2, 0) is 19.6 Å². The van der Waals surface area contributed by atoms with Gasteiger partial charge in [0.2, 0.25) is 0 Å². The van der Waals surface area contributed by atoms with Crippen LogP contribution in [0.4, 0.5) is 0 Å². The molecule has 37 heavy (non-hydrogen) atoms. The van der Waals surface area contributed by atoms with Gasteiger partial charge in [-0.15, -0.1) is 6.58 Å². The highest BCUT2D eigenvalue weighted by Crippen LogP contribution is 2.53. The average molecular weight is 520 g/mol. The predicted octanol–water partition coefficient (Wildman–Crippen LogP) is 6.87. The molecule has 1 rings (SSSR count). The third-order valence-corrected chi connectivity index (χ3v) is 9.00. The molecule has 0 amide bonds. The molecule has 0 fully saturated rings. The summed E-state index contributed by atoms with van der Waals surface area (Å²) in [5.74, 6) is 0. The van der Waals surface area contributed by atoms with Crippen molar-refractivity contribution in [1.29, 1.82) is 0 Å². The Morgan fingerprint density at radius 1 is 0.568 bits per heavy atom. The SMILES string of the molecule is C=CC(C)(C)C(C)(C)C(C)(C)CCCn1c(=O)n(CCCC(C)(C)C)c(=O)n(CCCC(C)(C)C)c1=O. The molecule has 0 unspecified atom stereocenters. The molecule has 0 saturated heterocycles. The van der Waals surface area contributed by atoms with Gasteiger partial charge in [-0.3, -0.25) is 0 Å². The van der Waals surface area contributed by atoms with Crippen LogP contribution >= 0.6 is 0 Å². The van der Waals surface area contributed by atoms with E-state index in [2.05, 4.69) is 89.7 Å². The highest BCUT2D eigenvalue weighted by molar-refractivity contribution is 5.04. The lowest BCUT2D eigenvalue weighted by Gasteiger charge is -2.51. The second kappa shape index (κ2) is 11.9. The first-order chi connectivity index (χ1) is 16.6. The summed E-state index contributed by atoms with van der Waals surface area (Å²) in [6.07, 6.45) is 6.77. The fourth-order valence-electron chi connectivity index (χ4n) is 4.91. The van der Waals surface area contributed by atoms with Gasteiger partial charge in [0.1, 0.15) is 0 Å². The van der Waals surface area contributed by atoms with Gasteiger partial charge in [0.15, 0.2) is 0 Å². The summed E-state index contributed by atoms with van der Waals surface area (Å²) in [5, 5.41) is 0. The van der Waals surface area contributed by atoms with Gasteiger partial charge in [-0.1, -0.05) is 89.2 Å². The first-order valence-electron chi connectivity index (χ1n) is 14.2. The van der Waals surface area contributed by atoms with E-state index in [-0.39, 0.29) is 27.1 Å². The molecule has 214 valence electrons. The standard InChI is InChI=1S/C31H57N3O3/c1-14-29(8,9)31(12,13)30(10,11)20-17-23-34-25(36)32(21-15-18-27(2,3)4)24(35)33(26(34)37)22-16-19-28(5,6)7/h14H,1,15-23H2,2-13H3. The van der Waals surface area contributed by atoms with Crippen LogP contribution in [0.25, 0.3) is 0 Å². The van der Waals surface area contributed by atoms with E-state index in [1.54, 1.807) is 0 Å². The van der Waals surface area contributed by atoms with Crippen LogP contribution in [0, 0.1) is 27.1 Å². The van der Waals surface area contributed by atoms with Gasteiger partial charge in [-0.25, -0.2) is 28.1 Å². The molecule has 0 atom stereocenters. The average Bonchev–Trinajstić information content (AvgIpc) is 2.73. The van der Waals surface area contributed by atoms with Gasteiger partial charge < -0.3 is 0 Å². The number of rotatable bonds is 13. The van der Waals surface area contributed by atoms with Gasteiger partial charge in [0.05, 0.1) is 0 Å². The Balaban J connectivity index is 3.34. The summed E-state index contributed by atoms with van der Waals surface area (Å²) in [4.78, 5) is 40.1. The van der Waals surface area contributed by atoms with Crippen molar-refractivity contribution in [3.05, 3.63) is 44.1 Å². The zero-order valence-electron chi connectivity index (χ0n) is 26.2. The monoisotopic (exact) mass is 519 g/mol. The molecule has 1 aromatic rings. The summed E-state index contributed by atoms with van der Waals surface area (Å²) in [6, 6.07) is 0. The van der Waals surface area contributed by atoms with Crippen molar-refractivity contribution >= 4 is 0 Å². The van der Waals surface area contributed by atoms with E-state index in [4.69, 9.17) is 0 Å². The number of aromatic nitrogens is 3. The van der Waals surface area contributed by atoms with Crippen molar-refractivity contribution in [3.8, 4) is 0 Å². The van der Waals surface area contributed by atoms with Gasteiger partial charge in [0.25, 0.3) is 0 Å². The first kappa shape index (κ1) is 33.2. The van der Waals surface area contributed by atoms with Crippen molar-refractivity contribution < 1.29 is 0 Å². The normalized spacial score (nSPS) is 13.7. The number of hydrogen-bond donors (Lipinski definition) is 0. The summed E-state index contributed by atoms with van der Waals surface area (Å²) in [5.41, 5.74) is -1.37. The summed E-state index contributed by atoms with van der Waals surface area (Å²) < 4.78 is 3.89. The van der Waals surface area contributed by atoms with E-state index in [0.29, 0.717) is 26.1 Å². The molecule has 6 nitrogen and oxygen atoms in total. The summed E-state index contributed by atoms with van der Waals surface area (Å²) in [6.45, 7) is 31.4. The lowest BCUT2D eigenvalue weighted by Crippen LogP contribution is -2.54. The van der Waals surface area contributed by atoms with Gasteiger partial charge in [-0.05, 0) is 65.6 Å². The minimum absolute atomic E-state index is 0.0500. The second-order valence-electron chi connectivity index (χ2n) is 15.2. The van der Waals surface area contributed by atoms with Crippen molar-refractivity contribution in [1.82, 2.24) is 13.7 Å². The third-order valence-electron chi connectivity index (χ3n) is 9.00. The maximum atomic E-state index is 13.4. The molecule has 1 heterocycles. The Labute approximate surface area is 226 Å². The van der Waals surface area contributed by atoms with E-state index in [1.165, 1.54) is 13.7 Å². The highest BCUT2D eigenvalue weighted by Gasteiger charge is 2.45. The fourth-order valence-corrected chi connectivity index (χ4v) is 4.91. The molecule has 0 spiro atoms. The summed E-state index contributed by atoms with van der Waals surface area (Å²) >= 11 is 0. The number of nitrogens with zero attached hydrogens (tertiary/aromatic N) is 3. The van der Waals surface area contributed by atoms with E-state index in [9.17, 15) is 14.4 Å². The Kier molecular flexibility index (Phi) is 10.7. The molecule has 0 radical (unpaired) electrons. The van der Waals surface area contributed by atoms with Crippen LogP contribution in [-0.4, -0.2) is 13.7 Å². The molecule has 1 aromatic heterocycles. The third kappa shape index (κ3) is 8.58. The molecule has 0 saturated carbocycles. The van der Waals surface area contributed by atoms with Gasteiger partial charge >= 0.3 is 17.1 Å². The maximum Gasteiger partial charge on any atom is 0.336 e. The van der Waals surface area contributed by atoms with Crippen LogP contribution in [0.1, 0.15) is 122 Å². The largest absolute Gasteiger partial charge is 0.336 e. The van der Waals surface area contributed by atoms with Crippen molar-refractivity contribution in [2.75, 3.05) is 0 Å². The van der Waals surface area contributed by atoms with E-state index in [1.807, 2.05) is 6.08 Å². The molecular formula is C31H57N3O3. The first-order valence-corrected chi connectivity index (χ1v) is 14.2. The molecule has 0 N–H and O–H groups in total. The molecule has 6 heteroatoms. The Bertz CT molecular complexity index is 1020. The maximum absolute atomic E-state index is 13.4. The van der Waals surface area contributed by atoms with E-state index < -0.39 is 17.1 Å². The fraction of sp³-hybridized carbons (Fsp3) is 0.839. The quantitative estimate of drug-likeness (QED) is 0.267. The molecular weight excluding hydrogens is 462 g/mol. The van der Waals surface area contributed by atoms with Crippen LogP contribution in [0.2, 0.25) is 0 Å². The van der Waals surface area contributed by atoms with Gasteiger partial charge in [-0.2, -0.15) is 0 Å². The Morgan fingerprint density at radius 3 is 1.14 bits per heavy atom. The van der Waals surface area contributed by atoms with Crippen LogP contribution in [0.15, 0.2) is 27.0 Å². The zero-order chi connectivity index (χ0) is 29.0. The molecule has 0 aliphatic heterocycles. The highest BCUT2D eigenvalue weighted by atomic mass is 16.2. The zero-order valence-corrected chi connectivity index (χ0v) is 26.2. The van der Waals surface area contributed by atoms with Crippen LogP contribution in [0.3, 0.4) is 0 Å². The molecule has 0 bridgehead atoms. The summed E-state index contributed by atoms with van der Waals surface area (Å²) in [7, 11) is 0. The number of hydrogen-bond acceptors (Lipinski definition) is 3. The smallest absolute Gasteiger partial charge is 0.247 e. The van der Waals surface area contributed by atoms with E-state index in [0.717, 1.165) is 32.1 Å². The predicted molar refractivity (Wildman–Crippen MR) is 157 cm³/mol. The minimum Gasteiger partial charge on any atom is -0.247 e. The topological polar surface area (TPSA) is 66.0 Å². The second-order valence-corrected chi connectivity index (χ2v) is 15.2. The lowest BCUT2D eigenvalue weighted by atomic mass is 9.54. The Hall–Kier alpha value is -1.85.